The molecule has 1 aromatic rings. The average Bonchev–Trinajstić information content (AvgIpc) is 2.62. The summed E-state index contributed by atoms with van der Waals surface area (Å²) < 4.78 is 5.39. The van der Waals surface area contributed by atoms with Gasteiger partial charge in [0.1, 0.15) is 5.75 Å². The molecule has 1 N–H and O–H groups in total. The van der Waals surface area contributed by atoms with Gasteiger partial charge in [0.15, 0.2) is 0 Å². The summed E-state index contributed by atoms with van der Waals surface area (Å²) >= 11 is 0. The highest BCUT2D eigenvalue weighted by molar-refractivity contribution is 5.60. The molecule has 1 heterocycles. The number of anilines is 1. The Morgan fingerprint density at radius 2 is 2.00 bits per heavy atom. The smallest absolute Gasteiger partial charge is 0.126 e. The topological polar surface area (TPSA) is 35.9 Å². The molecule has 1 aliphatic rings. The summed E-state index contributed by atoms with van der Waals surface area (Å²) in [6, 6.07) is 5.99. The van der Waals surface area contributed by atoms with Gasteiger partial charge in [-0.15, -0.1) is 0 Å². The minimum Gasteiger partial charge on any atom is -0.496 e. The monoisotopic (exact) mass is 264 g/mol. The largest absolute Gasteiger partial charge is 0.496 e. The van der Waals surface area contributed by atoms with Crippen LogP contribution >= 0.6 is 0 Å². The Morgan fingerprint density at radius 1 is 1.21 bits per heavy atom. The average molecular weight is 264 g/mol. The Labute approximate surface area is 115 Å². The number of likely N-dealkylation sites (N-methyl/N-ethyl adjacent to an activating group) is 1. The zero-order chi connectivity index (χ0) is 13.8. The predicted octanol–water partition coefficient (Wildman–Crippen LogP) is 1.89. The standard InChI is InChI=1S/C15H24N2O2/c1-12(18)15-13(6-4-7-14(15)19-3)17-9-5-8-16(2)10-11-17/h4,6-7,12,18H,5,8-11H2,1-3H3/t12-/m0/s1. The molecule has 106 valence electrons. The first kappa shape index (κ1) is 14.2. The Bertz CT molecular complexity index is 421. The number of hydrogen-bond acceptors (Lipinski definition) is 4. The fourth-order valence-corrected chi connectivity index (χ4v) is 2.69. The van der Waals surface area contributed by atoms with Crippen LogP contribution in [0.15, 0.2) is 18.2 Å². The van der Waals surface area contributed by atoms with Crippen molar-refractivity contribution in [3.63, 3.8) is 0 Å². The van der Waals surface area contributed by atoms with E-state index in [2.05, 4.69) is 22.9 Å². The number of aliphatic hydroxyl groups is 1. The van der Waals surface area contributed by atoms with Crippen LogP contribution in [0.1, 0.15) is 25.0 Å². The van der Waals surface area contributed by atoms with Gasteiger partial charge in [0.05, 0.1) is 13.2 Å². The molecule has 4 heteroatoms. The number of methoxy groups -OCH3 is 1. The molecular weight excluding hydrogens is 240 g/mol. The van der Waals surface area contributed by atoms with Crippen molar-refractivity contribution in [2.24, 2.45) is 0 Å². The molecule has 0 radical (unpaired) electrons. The highest BCUT2D eigenvalue weighted by Gasteiger charge is 2.20. The van der Waals surface area contributed by atoms with Crippen LogP contribution in [0.2, 0.25) is 0 Å². The molecule has 0 spiro atoms. The third-order valence-corrected chi connectivity index (χ3v) is 3.74. The number of ether oxygens (including phenoxy) is 1. The minimum atomic E-state index is -0.521. The molecule has 0 amide bonds. The fourth-order valence-electron chi connectivity index (χ4n) is 2.69. The second-order valence-corrected chi connectivity index (χ2v) is 5.21. The summed E-state index contributed by atoms with van der Waals surface area (Å²) in [6.45, 7) is 5.99. The molecular formula is C15H24N2O2. The second kappa shape index (κ2) is 6.26. The highest BCUT2D eigenvalue weighted by atomic mass is 16.5. The van der Waals surface area contributed by atoms with E-state index in [9.17, 15) is 5.11 Å². The maximum Gasteiger partial charge on any atom is 0.126 e. The van der Waals surface area contributed by atoms with E-state index in [4.69, 9.17) is 4.74 Å². The second-order valence-electron chi connectivity index (χ2n) is 5.21. The molecule has 0 unspecified atom stereocenters. The SMILES string of the molecule is COc1cccc(N2CCCN(C)CC2)c1[C@H](C)O. The first-order valence-electron chi connectivity index (χ1n) is 6.92. The van der Waals surface area contributed by atoms with Crippen molar-refractivity contribution < 1.29 is 9.84 Å². The maximum absolute atomic E-state index is 10.1. The van der Waals surface area contributed by atoms with Crippen LogP contribution in [-0.2, 0) is 0 Å². The van der Waals surface area contributed by atoms with Crippen LogP contribution in [0, 0.1) is 0 Å². The van der Waals surface area contributed by atoms with Crippen molar-refractivity contribution in [3.8, 4) is 5.75 Å². The number of aliphatic hydroxyl groups excluding tert-OH is 1. The predicted molar refractivity (Wildman–Crippen MR) is 78.0 cm³/mol. The molecule has 19 heavy (non-hydrogen) atoms. The van der Waals surface area contributed by atoms with Crippen LogP contribution in [-0.4, -0.2) is 50.3 Å². The molecule has 4 nitrogen and oxygen atoms in total. The van der Waals surface area contributed by atoms with Crippen LogP contribution in [0.5, 0.6) is 5.75 Å². The van der Waals surface area contributed by atoms with Gasteiger partial charge in [-0.2, -0.15) is 0 Å². The van der Waals surface area contributed by atoms with E-state index in [-0.39, 0.29) is 0 Å². The van der Waals surface area contributed by atoms with Gasteiger partial charge < -0.3 is 19.6 Å². The fraction of sp³-hybridized carbons (Fsp3) is 0.600. The van der Waals surface area contributed by atoms with E-state index in [0.717, 1.165) is 49.6 Å². The normalized spacial score (nSPS) is 19.1. The third kappa shape index (κ3) is 3.19. The van der Waals surface area contributed by atoms with Crippen molar-refractivity contribution in [2.45, 2.75) is 19.4 Å². The summed E-state index contributed by atoms with van der Waals surface area (Å²) in [6.07, 6.45) is 0.625. The van der Waals surface area contributed by atoms with Gasteiger partial charge in [-0.1, -0.05) is 6.07 Å². The molecule has 0 aromatic heterocycles. The van der Waals surface area contributed by atoms with Gasteiger partial charge in [0.25, 0.3) is 0 Å². The lowest BCUT2D eigenvalue weighted by molar-refractivity contribution is 0.194. The summed E-state index contributed by atoms with van der Waals surface area (Å²) in [4.78, 5) is 4.70. The van der Waals surface area contributed by atoms with Crippen molar-refractivity contribution >= 4 is 5.69 Å². The number of nitrogens with zero attached hydrogens (tertiary/aromatic N) is 2. The van der Waals surface area contributed by atoms with Crippen molar-refractivity contribution in [1.29, 1.82) is 0 Å². The van der Waals surface area contributed by atoms with Crippen molar-refractivity contribution in [2.75, 3.05) is 45.2 Å². The van der Waals surface area contributed by atoms with E-state index < -0.39 is 6.10 Å². The molecule has 1 atom stereocenters. The van der Waals surface area contributed by atoms with Crippen LogP contribution in [0.4, 0.5) is 5.69 Å². The van der Waals surface area contributed by atoms with E-state index in [1.54, 1.807) is 14.0 Å². The molecule has 0 aliphatic carbocycles. The zero-order valence-electron chi connectivity index (χ0n) is 12.1. The van der Waals surface area contributed by atoms with Gasteiger partial charge in [-0.25, -0.2) is 0 Å². The summed E-state index contributed by atoms with van der Waals surface area (Å²) in [5, 5.41) is 10.1. The third-order valence-electron chi connectivity index (χ3n) is 3.74. The van der Waals surface area contributed by atoms with E-state index in [1.807, 2.05) is 12.1 Å². The lowest BCUT2D eigenvalue weighted by Gasteiger charge is -2.27. The summed E-state index contributed by atoms with van der Waals surface area (Å²) in [7, 11) is 3.81. The van der Waals surface area contributed by atoms with Crippen LogP contribution < -0.4 is 9.64 Å². The van der Waals surface area contributed by atoms with Crippen molar-refractivity contribution in [3.05, 3.63) is 23.8 Å². The van der Waals surface area contributed by atoms with Gasteiger partial charge in [0.2, 0.25) is 0 Å². The van der Waals surface area contributed by atoms with Crippen molar-refractivity contribution in [1.82, 2.24) is 4.90 Å². The van der Waals surface area contributed by atoms with Crippen LogP contribution in [0.3, 0.4) is 0 Å². The summed E-state index contributed by atoms with van der Waals surface area (Å²) in [5.74, 6) is 0.769. The van der Waals surface area contributed by atoms with Gasteiger partial charge in [-0.3, -0.25) is 0 Å². The Hall–Kier alpha value is -1.26. The number of benzene rings is 1. The maximum atomic E-state index is 10.1. The van der Waals surface area contributed by atoms with E-state index in [1.165, 1.54) is 0 Å². The van der Waals surface area contributed by atoms with Gasteiger partial charge in [-0.05, 0) is 39.1 Å². The molecule has 2 rings (SSSR count). The first-order valence-corrected chi connectivity index (χ1v) is 6.92. The molecule has 0 bridgehead atoms. The lowest BCUT2D eigenvalue weighted by atomic mass is 10.1. The van der Waals surface area contributed by atoms with E-state index >= 15 is 0 Å². The van der Waals surface area contributed by atoms with E-state index in [0.29, 0.717) is 0 Å². The minimum absolute atomic E-state index is 0.521. The number of hydrogen-bond donors (Lipinski definition) is 1. The molecule has 1 aromatic carbocycles. The highest BCUT2D eigenvalue weighted by Crippen LogP contribution is 2.34. The molecule has 0 saturated carbocycles. The van der Waals surface area contributed by atoms with Gasteiger partial charge >= 0.3 is 0 Å². The number of rotatable bonds is 3. The quantitative estimate of drug-likeness (QED) is 0.904. The Morgan fingerprint density at radius 3 is 2.68 bits per heavy atom. The first-order chi connectivity index (χ1) is 9.13. The Kier molecular flexibility index (Phi) is 4.66. The Balaban J connectivity index is 2.32. The molecule has 1 fully saturated rings. The lowest BCUT2D eigenvalue weighted by Crippen LogP contribution is -2.29. The summed E-state index contributed by atoms with van der Waals surface area (Å²) in [5.41, 5.74) is 2.00. The molecule has 1 aliphatic heterocycles. The van der Waals surface area contributed by atoms with Gasteiger partial charge in [0, 0.05) is 30.9 Å². The molecule has 1 saturated heterocycles. The van der Waals surface area contributed by atoms with Crippen LogP contribution in [0.25, 0.3) is 0 Å². The zero-order valence-corrected chi connectivity index (χ0v) is 12.1.